The number of aldehydes is 1. The molecule has 0 amide bonds. The number of hydrogen-bond acceptors (Lipinski definition) is 3. The third-order valence-corrected chi connectivity index (χ3v) is 2.97. The Bertz CT molecular complexity index is 584. The van der Waals surface area contributed by atoms with Gasteiger partial charge >= 0.3 is 5.97 Å². The lowest BCUT2D eigenvalue weighted by Gasteiger charge is -2.07. The Hall–Kier alpha value is -2.36. The van der Waals surface area contributed by atoms with Crippen LogP contribution in [0.15, 0.2) is 42.6 Å². The van der Waals surface area contributed by atoms with Crippen molar-refractivity contribution in [2.45, 2.75) is 19.9 Å². The van der Waals surface area contributed by atoms with Crippen LogP contribution >= 0.6 is 0 Å². The number of benzene rings is 1. The fraction of sp³-hybridized carbons (Fsp3) is 0.250. The monoisotopic (exact) mass is 271 g/mol. The van der Waals surface area contributed by atoms with Crippen LogP contribution in [0.5, 0.6) is 0 Å². The van der Waals surface area contributed by atoms with Crippen molar-refractivity contribution in [2.24, 2.45) is 0 Å². The van der Waals surface area contributed by atoms with Crippen molar-refractivity contribution >= 4 is 12.3 Å². The van der Waals surface area contributed by atoms with E-state index in [4.69, 9.17) is 4.74 Å². The highest BCUT2D eigenvalue weighted by Gasteiger charge is 2.07. The van der Waals surface area contributed by atoms with Gasteiger partial charge in [-0.1, -0.05) is 19.1 Å². The molecule has 4 heteroatoms. The summed E-state index contributed by atoms with van der Waals surface area (Å²) in [6, 6.07) is 10.8. The minimum atomic E-state index is -0.298. The first-order valence-corrected chi connectivity index (χ1v) is 6.61. The number of nitrogens with zero attached hydrogens (tertiary/aromatic N) is 1. The average molecular weight is 271 g/mol. The van der Waals surface area contributed by atoms with Crippen molar-refractivity contribution in [3.63, 3.8) is 0 Å². The third-order valence-electron chi connectivity index (χ3n) is 2.97. The Balaban J connectivity index is 2.05. The minimum absolute atomic E-state index is 0.298. The third kappa shape index (κ3) is 3.35. The molecule has 0 aliphatic carbocycles. The largest absolute Gasteiger partial charge is 0.462 e. The summed E-state index contributed by atoms with van der Waals surface area (Å²) < 4.78 is 6.93. The molecule has 0 atom stereocenters. The highest BCUT2D eigenvalue weighted by atomic mass is 16.5. The second-order valence-electron chi connectivity index (χ2n) is 4.51. The van der Waals surface area contributed by atoms with Gasteiger partial charge in [-0.15, -0.1) is 0 Å². The summed E-state index contributed by atoms with van der Waals surface area (Å²) in [5.41, 5.74) is 2.21. The Morgan fingerprint density at radius 3 is 2.65 bits per heavy atom. The maximum Gasteiger partial charge on any atom is 0.338 e. The summed E-state index contributed by atoms with van der Waals surface area (Å²) in [6.45, 7) is 3.00. The molecule has 0 radical (unpaired) electrons. The highest BCUT2D eigenvalue weighted by Crippen LogP contribution is 2.10. The molecular formula is C16H17NO3. The molecule has 0 aliphatic heterocycles. The van der Waals surface area contributed by atoms with Crippen molar-refractivity contribution in [3.8, 4) is 0 Å². The number of ether oxygens (including phenoxy) is 1. The van der Waals surface area contributed by atoms with Gasteiger partial charge in [-0.2, -0.15) is 0 Å². The van der Waals surface area contributed by atoms with Gasteiger partial charge in [-0.3, -0.25) is 4.79 Å². The summed E-state index contributed by atoms with van der Waals surface area (Å²) in [5.74, 6) is -0.298. The summed E-state index contributed by atoms with van der Waals surface area (Å²) in [6.07, 6.45) is 3.50. The fourth-order valence-electron chi connectivity index (χ4n) is 1.90. The number of aromatic nitrogens is 1. The van der Waals surface area contributed by atoms with Crippen LogP contribution in [-0.2, 0) is 11.3 Å². The van der Waals surface area contributed by atoms with Crippen LogP contribution < -0.4 is 0 Å². The molecule has 0 aliphatic rings. The van der Waals surface area contributed by atoms with E-state index >= 15 is 0 Å². The Morgan fingerprint density at radius 1 is 1.25 bits per heavy atom. The molecule has 2 aromatic rings. The molecule has 0 fully saturated rings. The molecule has 0 bridgehead atoms. The van der Waals surface area contributed by atoms with E-state index in [1.165, 1.54) is 0 Å². The molecule has 0 spiro atoms. The summed E-state index contributed by atoms with van der Waals surface area (Å²) in [7, 11) is 0. The molecule has 0 unspecified atom stereocenters. The van der Waals surface area contributed by atoms with E-state index in [2.05, 4.69) is 0 Å². The number of carbonyl (C=O) groups excluding carboxylic acids is 2. The van der Waals surface area contributed by atoms with E-state index in [0.717, 1.165) is 18.3 Å². The molecule has 4 nitrogen and oxygen atoms in total. The Kier molecular flexibility index (Phi) is 4.71. The van der Waals surface area contributed by atoms with Gasteiger partial charge in [0, 0.05) is 12.7 Å². The second kappa shape index (κ2) is 6.70. The van der Waals surface area contributed by atoms with Crippen molar-refractivity contribution < 1.29 is 14.3 Å². The molecule has 20 heavy (non-hydrogen) atoms. The van der Waals surface area contributed by atoms with Gasteiger partial charge < -0.3 is 9.30 Å². The maximum atomic E-state index is 11.7. The zero-order valence-corrected chi connectivity index (χ0v) is 11.4. The van der Waals surface area contributed by atoms with Gasteiger partial charge in [0.05, 0.1) is 17.9 Å². The molecule has 2 rings (SSSR count). The number of esters is 1. The van der Waals surface area contributed by atoms with Crippen molar-refractivity contribution in [1.29, 1.82) is 0 Å². The van der Waals surface area contributed by atoms with E-state index < -0.39 is 0 Å². The van der Waals surface area contributed by atoms with Gasteiger partial charge in [0.25, 0.3) is 0 Å². The molecule has 0 saturated heterocycles. The fourth-order valence-corrected chi connectivity index (χ4v) is 1.90. The SMILES string of the molecule is CCCOC(=O)c1ccc(Cn2cccc2C=O)cc1. The van der Waals surface area contributed by atoms with Crippen molar-refractivity contribution in [1.82, 2.24) is 4.57 Å². The van der Waals surface area contributed by atoms with E-state index in [0.29, 0.717) is 24.4 Å². The molecule has 0 saturated carbocycles. The van der Waals surface area contributed by atoms with E-state index in [9.17, 15) is 9.59 Å². The molecule has 0 N–H and O–H groups in total. The molecule has 1 aromatic carbocycles. The van der Waals surface area contributed by atoms with E-state index in [1.807, 2.05) is 35.9 Å². The lowest BCUT2D eigenvalue weighted by Crippen LogP contribution is -2.06. The summed E-state index contributed by atoms with van der Waals surface area (Å²) in [5, 5.41) is 0. The van der Waals surface area contributed by atoms with Crippen LogP contribution in [-0.4, -0.2) is 23.4 Å². The first-order valence-electron chi connectivity index (χ1n) is 6.61. The van der Waals surface area contributed by atoms with E-state index in [1.54, 1.807) is 18.2 Å². The molecule has 1 aromatic heterocycles. The van der Waals surface area contributed by atoms with Crippen LogP contribution in [0.1, 0.15) is 39.8 Å². The average Bonchev–Trinajstić information content (AvgIpc) is 2.92. The molecule has 1 heterocycles. The quantitative estimate of drug-likeness (QED) is 0.599. The van der Waals surface area contributed by atoms with Crippen LogP contribution in [0.3, 0.4) is 0 Å². The highest BCUT2D eigenvalue weighted by molar-refractivity contribution is 5.89. The van der Waals surface area contributed by atoms with Crippen molar-refractivity contribution in [2.75, 3.05) is 6.61 Å². The van der Waals surface area contributed by atoms with Gasteiger partial charge in [0.15, 0.2) is 6.29 Å². The smallest absolute Gasteiger partial charge is 0.338 e. The van der Waals surface area contributed by atoms with Crippen LogP contribution in [0.25, 0.3) is 0 Å². The number of carbonyl (C=O) groups is 2. The lowest BCUT2D eigenvalue weighted by atomic mass is 10.1. The van der Waals surface area contributed by atoms with Gasteiger partial charge in [0.2, 0.25) is 0 Å². The van der Waals surface area contributed by atoms with E-state index in [-0.39, 0.29) is 5.97 Å². The number of rotatable bonds is 6. The van der Waals surface area contributed by atoms with Gasteiger partial charge in [-0.05, 0) is 36.2 Å². The normalized spacial score (nSPS) is 10.2. The lowest BCUT2D eigenvalue weighted by molar-refractivity contribution is 0.0505. The van der Waals surface area contributed by atoms with Crippen molar-refractivity contribution in [3.05, 3.63) is 59.4 Å². The predicted molar refractivity (Wildman–Crippen MR) is 75.9 cm³/mol. The number of hydrogen-bond donors (Lipinski definition) is 0. The first kappa shape index (κ1) is 14.1. The first-order chi connectivity index (χ1) is 9.74. The minimum Gasteiger partial charge on any atom is -0.462 e. The van der Waals surface area contributed by atoms with Gasteiger partial charge in [0.1, 0.15) is 0 Å². The second-order valence-corrected chi connectivity index (χ2v) is 4.51. The standard InChI is InChI=1S/C16H17NO3/c1-2-10-20-16(19)14-7-5-13(6-8-14)11-17-9-3-4-15(17)12-18/h3-9,12H,2,10-11H2,1H3. The molecular weight excluding hydrogens is 254 g/mol. The maximum absolute atomic E-state index is 11.7. The van der Waals surface area contributed by atoms with Crippen LogP contribution in [0, 0.1) is 0 Å². The Labute approximate surface area is 118 Å². The van der Waals surface area contributed by atoms with Crippen LogP contribution in [0.4, 0.5) is 0 Å². The van der Waals surface area contributed by atoms with Gasteiger partial charge in [-0.25, -0.2) is 4.79 Å². The molecule has 104 valence electrons. The zero-order valence-electron chi connectivity index (χ0n) is 11.4. The predicted octanol–water partition coefficient (Wildman–Crippen LogP) is 2.92. The summed E-state index contributed by atoms with van der Waals surface area (Å²) >= 11 is 0. The Morgan fingerprint density at radius 2 is 2.00 bits per heavy atom. The topological polar surface area (TPSA) is 48.3 Å². The summed E-state index contributed by atoms with van der Waals surface area (Å²) in [4.78, 5) is 22.5. The zero-order chi connectivity index (χ0) is 14.4. The van der Waals surface area contributed by atoms with Crippen LogP contribution in [0.2, 0.25) is 0 Å².